The maximum atomic E-state index is 10.9. The lowest BCUT2D eigenvalue weighted by Gasteiger charge is -2.27. The van der Waals surface area contributed by atoms with Crippen molar-refractivity contribution in [2.45, 2.75) is 12.5 Å². The minimum absolute atomic E-state index is 0.188. The van der Waals surface area contributed by atoms with Gasteiger partial charge in [-0.2, -0.15) is 8.42 Å². The second kappa shape index (κ2) is 4.91. The van der Waals surface area contributed by atoms with Gasteiger partial charge in [0.2, 0.25) is 0 Å². The maximum Gasteiger partial charge on any atom is 0.306 e. The van der Waals surface area contributed by atoms with Crippen molar-refractivity contribution in [2.24, 2.45) is 0 Å². The van der Waals surface area contributed by atoms with Gasteiger partial charge in [-0.25, -0.2) is 0 Å². The molecule has 1 atom stereocenters. The molecule has 7 heteroatoms. The van der Waals surface area contributed by atoms with Gasteiger partial charge in [0.1, 0.15) is 19.7 Å². The fraction of sp³-hybridized carbons (Fsp3) is 0.750. The molecule has 0 rings (SSSR count). The number of carboxylic acid groups (broad SMARTS) is 1. The number of hydrogen-bond donors (Lipinski definition) is 1. The number of carbonyl (C=O) groups is 1. The third-order valence-corrected chi connectivity index (χ3v) is 2.03. The Morgan fingerprint density at radius 1 is 1.53 bits per heavy atom. The van der Waals surface area contributed by atoms with Crippen molar-refractivity contribution < 1.29 is 27.0 Å². The van der Waals surface area contributed by atoms with Gasteiger partial charge in [-0.15, -0.1) is 0 Å². The van der Waals surface area contributed by atoms with Crippen molar-refractivity contribution in [3.63, 3.8) is 0 Å². The van der Waals surface area contributed by atoms with Gasteiger partial charge in [0.25, 0.3) is 10.1 Å². The van der Waals surface area contributed by atoms with E-state index in [9.17, 15) is 13.2 Å². The van der Waals surface area contributed by atoms with Crippen molar-refractivity contribution in [3.8, 4) is 0 Å². The zero-order valence-corrected chi connectivity index (χ0v) is 9.95. The van der Waals surface area contributed by atoms with Crippen LogP contribution in [0.3, 0.4) is 0 Å². The van der Waals surface area contributed by atoms with E-state index >= 15 is 0 Å². The highest BCUT2D eigenvalue weighted by Gasteiger charge is 2.25. The molecule has 0 amide bonds. The van der Waals surface area contributed by atoms with Crippen LogP contribution in [0.4, 0.5) is 0 Å². The quantitative estimate of drug-likeness (QED) is 0.507. The third-order valence-electron chi connectivity index (χ3n) is 1.41. The number of nitrogens with zero attached hydrogens (tertiary/aromatic N) is 1. The number of quaternary nitrogens is 1. The van der Waals surface area contributed by atoms with E-state index in [4.69, 9.17) is 5.11 Å². The zero-order valence-electron chi connectivity index (χ0n) is 9.13. The van der Waals surface area contributed by atoms with Crippen LogP contribution in [-0.2, 0) is 19.1 Å². The Morgan fingerprint density at radius 3 is 2.27 bits per heavy atom. The molecule has 1 N–H and O–H groups in total. The number of hydrogen-bond acceptors (Lipinski definition) is 4. The largest absolute Gasteiger partial charge is 0.481 e. The SMILES string of the molecule is [CH2][N+](C)(C)CC(CC(=O)O)OS(C)(=O)=O. The Morgan fingerprint density at radius 2 is 2.00 bits per heavy atom. The lowest BCUT2D eigenvalue weighted by atomic mass is 10.2. The van der Waals surface area contributed by atoms with Crippen LogP contribution < -0.4 is 0 Å². The van der Waals surface area contributed by atoms with Gasteiger partial charge in [0.05, 0.1) is 26.8 Å². The summed E-state index contributed by atoms with van der Waals surface area (Å²) in [5, 5.41) is 8.58. The molecule has 1 unspecified atom stereocenters. The van der Waals surface area contributed by atoms with Crippen molar-refractivity contribution in [1.82, 2.24) is 0 Å². The molecule has 0 aliphatic rings. The van der Waals surface area contributed by atoms with Crippen molar-refractivity contribution in [1.29, 1.82) is 0 Å². The summed E-state index contributed by atoms with van der Waals surface area (Å²) in [5.41, 5.74) is 0. The summed E-state index contributed by atoms with van der Waals surface area (Å²) >= 11 is 0. The Labute approximate surface area is 90.2 Å². The van der Waals surface area contributed by atoms with Crippen LogP contribution >= 0.6 is 0 Å². The van der Waals surface area contributed by atoms with E-state index in [0.717, 1.165) is 6.26 Å². The first-order valence-corrected chi connectivity index (χ1v) is 6.09. The Hall–Kier alpha value is -0.660. The van der Waals surface area contributed by atoms with Gasteiger partial charge < -0.3 is 9.59 Å². The van der Waals surface area contributed by atoms with Crippen LogP contribution in [0.5, 0.6) is 0 Å². The molecular formula is C8H17NO5S+. The average molecular weight is 239 g/mol. The molecule has 0 saturated carbocycles. The van der Waals surface area contributed by atoms with E-state index in [-0.39, 0.29) is 17.4 Å². The number of likely N-dealkylation sites (N-methyl/N-ethyl adjacent to an activating group) is 1. The predicted molar refractivity (Wildman–Crippen MR) is 54.3 cm³/mol. The van der Waals surface area contributed by atoms with Crippen LogP contribution in [0.15, 0.2) is 0 Å². The van der Waals surface area contributed by atoms with E-state index in [1.54, 1.807) is 14.1 Å². The Balaban J connectivity index is 4.53. The molecule has 0 aliphatic heterocycles. The standard InChI is InChI=1S/C8H17NO5S/c1-9(2,3)6-7(5-8(10)11)14-15(4,12)13/h7H,1,5-6H2,2-4H3,(H,10,11)/q+1. The first-order chi connectivity index (χ1) is 6.49. The molecule has 0 aromatic carbocycles. The van der Waals surface area contributed by atoms with E-state index in [1.165, 1.54) is 0 Å². The highest BCUT2D eigenvalue weighted by Crippen LogP contribution is 2.08. The molecule has 0 aromatic rings. The molecule has 0 bridgehead atoms. The van der Waals surface area contributed by atoms with Crippen molar-refractivity contribution >= 4 is 16.1 Å². The normalized spacial score (nSPS) is 14.9. The molecule has 15 heavy (non-hydrogen) atoms. The monoisotopic (exact) mass is 239 g/mol. The molecule has 6 nitrogen and oxygen atoms in total. The van der Waals surface area contributed by atoms with Gasteiger partial charge in [0.15, 0.2) is 0 Å². The van der Waals surface area contributed by atoms with E-state index in [2.05, 4.69) is 11.2 Å². The molecule has 0 spiro atoms. The van der Waals surface area contributed by atoms with Crippen LogP contribution in [0.1, 0.15) is 6.42 Å². The zero-order chi connectivity index (χ0) is 12.3. The van der Waals surface area contributed by atoms with Crippen molar-refractivity contribution in [3.05, 3.63) is 7.05 Å². The molecule has 89 valence electrons. The summed E-state index contributed by atoms with van der Waals surface area (Å²) in [7, 11) is 3.52. The molecular weight excluding hydrogens is 222 g/mol. The molecule has 1 radical (unpaired) electrons. The average Bonchev–Trinajstić information content (AvgIpc) is 1.73. The summed E-state index contributed by atoms with van der Waals surface area (Å²) in [5.74, 6) is -1.10. The number of aliphatic carboxylic acids is 1. The topological polar surface area (TPSA) is 80.7 Å². The smallest absolute Gasteiger partial charge is 0.306 e. The van der Waals surface area contributed by atoms with Crippen LogP contribution in [0.2, 0.25) is 0 Å². The minimum atomic E-state index is -3.64. The van der Waals surface area contributed by atoms with Gasteiger partial charge in [-0.1, -0.05) is 0 Å². The minimum Gasteiger partial charge on any atom is -0.481 e. The van der Waals surface area contributed by atoms with Gasteiger partial charge in [-0.05, 0) is 0 Å². The van der Waals surface area contributed by atoms with Crippen molar-refractivity contribution in [2.75, 3.05) is 26.9 Å². The van der Waals surface area contributed by atoms with E-state index < -0.39 is 22.2 Å². The highest BCUT2D eigenvalue weighted by atomic mass is 32.2. The maximum absolute atomic E-state index is 10.9. The molecule has 0 heterocycles. The fourth-order valence-electron chi connectivity index (χ4n) is 1.12. The van der Waals surface area contributed by atoms with Crippen LogP contribution in [-0.4, -0.2) is 57.0 Å². The molecule has 0 saturated heterocycles. The fourth-order valence-corrected chi connectivity index (χ4v) is 1.75. The van der Waals surface area contributed by atoms with E-state index in [0.29, 0.717) is 0 Å². The van der Waals surface area contributed by atoms with E-state index in [1.807, 2.05) is 0 Å². The second-order valence-electron chi connectivity index (χ2n) is 4.14. The summed E-state index contributed by atoms with van der Waals surface area (Å²) < 4.78 is 26.6. The van der Waals surface area contributed by atoms with Crippen LogP contribution in [0.25, 0.3) is 0 Å². The number of rotatable bonds is 6. The molecule has 0 fully saturated rings. The second-order valence-corrected chi connectivity index (χ2v) is 5.74. The predicted octanol–water partition coefficient (Wildman–Crippen LogP) is -0.326. The van der Waals surface area contributed by atoms with Gasteiger partial charge in [0, 0.05) is 0 Å². The lowest BCUT2D eigenvalue weighted by Crippen LogP contribution is -2.42. The molecule has 0 aliphatic carbocycles. The number of carboxylic acids is 1. The highest BCUT2D eigenvalue weighted by molar-refractivity contribution is 7.86. The lowest BCUT2D eigenvalue weighted by molar-refractivity contribution is -0.848. The summed E-state index contributed by atoms with van der Waals surface area (Å²) in [6.07, 6.45) is -0.347. The summed E-state index contributed by atoms with van der Waals surface area (Å²) in [6.45, 7) is 0.208. The third kappa shape index (κ3) is 9.64. The van der Waals surface area contributed by atoms with Gasteiger partial charge >= 0.3 is 5.97 Å². The molecule has 0 aromatic heterocycles. The Kier molecular flexibility index (Phi) is 4.69. The first kappa shape index (κ1) is 14.3. The summed E-state index contributed by atoms with van der Waals surface area (Å²) in [6, 6.07) is 0. The first-order valence-electron chi connectivity index (χ1n) is 4.27. The van der Waals surface area contributed by atoms with Gasteiger partial charge in [-0.3, -0.25) is 8.98 Å². The van der Waals surface area contributed by atoms with Crippen LogP contribution in [0, 0.1) is 7.05 Å². The summed E-state index contributed by atoms with van der Waals surface area (Å²) in [4.78, 5) is 10.5. The Bertz CT molecular complexity index is 316.